The van der Waals surface area contributed by atoms with Crippen LogP contribution in [-0.4, -0.2) is 34.4 Å². The number of fused-ring (bicyclic) bond motifs is 1. The number of ether oxygens (including phenoxy) is 1. The fourth-order valence-electron chi connectivity index (χ4n) is 3.48. The number of nitrogens with zero attached hydrogens (tertiary/aromatic N) is 2. The van der Waals surface area contributed by atoms with Gasteiger partial charge in [0.15, 0.2) is 11.5 Å². The monoisotopic (exact) mass is 379 g/mol. The Bertz CT molecular complexity index is 1060. The van der Waals surface area contributed by atoms with Crippen LogP contribution in [0, 0.1) is 6.92 Å². The first-order valence-electron chi connectivity index (χ1n) is 9.11. The number of benzene rings is 1. The third-order valence-corrected chi connectivity index (χ3v) is 4.80. The van der Waals surface area contributed by atoms with Gasteiger partial charge in [-0.2, -0.15) is 0 Å². The van der Waals surface area contributed by atoms with E-state index >= 15 is 0 Å². The highest BCUT2D eigenvalue weighted by molar-refractivity contribution is 5.92. The Morgan fingerprint density at radius 3 is 2.79 bits per heavy atom. The van der Waals surface area contributed by atoms with Gasteiger partial charge in [0.05, 0.1) is 6.54 Å². The highest BCUT2D eigenvalue weighted by atomic mass is 16.5. The minimum Gasteiger partial charge on any atom is -0.442 e. The number of aryl methyl sites for hydroxylation is 1. The highest BCUT2D eigenvalue weighted by Gasteiger charge is 2.29. The summed E-state index contributed by atoms with van der Waals surface area (Å²) in [6, 6.07) is 12.5. The van der Waals surface area contributed by atoms with Crippen LogP contribution in [0.2, 0.25) is 0 Å². The summed E-state index contributed by atoms with van der Waals surface area (Å²) >= 11 is 0. The number of aromatic amines is 1. The highest BCUT2D eigenvalue weighted by Crippen LogP contribution is 2.29. The number of aromatic nitrogens is 2. The van der Waals surface area contributed by atoms with Gasteiger partial charge in [0.1, 0.15) is 17.1 Å². The molecular weight excluding hydrogens is 358 g/mol. The standard InChI is InChI=1S/C21H21N3O4/c1-13-10-15(25)11-16(22-13)21(26)24-9-8-18-17(12-24)23-20(28-18)19(27-2)14-6-4-3-5-7-14/h3-7,10-11,19H,8-9,12H2,1-2H3,(H,22,25). The molecule has 3 aromatic rings. The molecule has 0 saturated carbocycles. The molecule has 1 amide bonds. The lowest BCUT2D eigenvalue weighted by Gasteiger charge is -2.25. The summed E-state index contributed by atoms with van der Waals surface area (Å²) in [6.45, 7) is 2.59. The summed E-state index contributed by atoms with van der Waals surface area (Å²) < 4.78 is 11.5. The van der Waals surface area contributed by atoms with E-state index in [1.165, 1.54) is 12.1 Å². The molecule has 1 aliphatic rings. The second-order valence-electron chi connectivity index (χ2n) is 6.84. The van der Waals surface area contributed by atoms with Gasteiger partial charge < -0.3 is 19.0 Å². The zero-order chi connectivity index (χ0) is 19.7. The van der Waals surface area contributed by atoms with Crippen LogP contribution in [0.25, 0.3) is 0 Å². The molecule has 28 heavy (non-hydrogen) atoms. The predicted molar refractivity (Wildman–Crippen MR) is 102 cm³/mol. The van der Waals surface area contributed by atoms with Crippen molar-refractivity contribution in [3.8, 4) is 0 Å². The number of nitrogens with one attached hydrogen (secondary N) is 1. The van der Waals surface area contributed by atoms with E-state index in [9.17, 15) is 9.59 Å². The first-order chi connectivity index (χ1) is 13.5. The maximum absolute atomic E-state index is 12.8. The molecule has 0 fully saturated rings. The third kappa shape index (κ3) is 3.48. The van der Waals surface area contributed by atoms with E-state index in [1.807, 2.05) is 30.3 Å². The molecule has 0 bridgehead atoms. The number of rotatable bonds is 4. The summed E-state index contributed by atoms with van der Waals surface area (Å²) in [5.41, 5.74) is 2.43. The molecule has 7 heteroatoms. The maximum Gasteiger partial charge on any atom is 0.270 e. The van der Waals surface area contributed by atoms with Crippen molar-refractivity contribution in [1.82, 2.24) is 14.9 Å². The molecule has 1 unspecified atom stereocenters. The normalized spacial score (nSPS) is 14.6. The number of H-pyrrole nitrogens is 1. The molecule has 0 radical (unpaired) electrons. The SMILES string of the molecule is COC(c1ccccc1)c1nc2c(o1)CCN(C(=O)c1cc(=O)cc(C)[nH]1)C2. The Kier molecular flexibility index (Phi) is 4.83. The first-order valence-corrected chi connectivity index (χ1v) is 9.11. The van der Waals surface area contributed by atoms with Gasteiger partial charge in [0.25, 0.3) is 5.91 Å². The van der Waals surface area contributed by atoms with Gasteiger partial charge in [-0.1, -0.05) is 30.3 Å². The molecular formula is C21H21N3O4. The topological polar surface area (TPSA) is 88.4 Å². The van der Waals surface area contributed by atoms with Crippen molar-refractivity contribution in [3.05, 3.63) is 87.0 Å². The van der Waals surface area contributed by atoms with Crippen LogP contribution >= 0.6 is 0 Å². The number of oxazole rings is 1. The van der Waals surface area contributed by atoms with E-state index in [4.69, 9.17) is 9.15 Å². The lowest BCUT2D eigenvalue weighted by Crippen LogP contribution is -2.36. The molecule has 144 valence electrons. The molecule has 0 aliphatic carbocycles. The fraction of sp³-hybridized carbons (Fsp3) is 0.286. The molecule has 3 heterocycles. The lowest BCUT2D eigenvalue weighted by atomic mass is 10.1. The summed E-state index contributed by atoms with van der Waals surface area (Å²) in [6.07, 6.45) is 0.166. The lowest BCUT2D eigenvalue weighted by molar-refractivity contribution is 0.0720. The maximum atomic E-state index is 12.8. The molecule has 1 aliphatic heterocycles. The molecule has 1 aromatic carbocycles. The van der Waals surface area contributed by atoms with Gasteiger partial charge in [-0.15, -0.1) is 0 Å². The quantitative estimate of drug-likeness (QED) is 0.753. The zero-order valence-electron chi connectivity index (χ0n) is 15.8. The number of hydrogen-bond donors (Lipinski definition) is 1. The second-order valence-corrected chi connectivity index (χ2v) is 6.84. The van der Waals surface area contributed by atoms with Crippen LogP contribution in [0.15, 0.2) is 51.7 Å². The Hall–Kier alpha value is -3.19. The Morgan fingerprint density at radius 1 is 1.29 bits per heavy atom. The molecule has 2 aromatic heterocycles. The minimum absolute atomic E-state index is 0.188. The number of hydrogen-bond acceptors (Lipinski definition) is 5. The molecule has 1 atom stereocenters. The van der Waals surface area contributed by atoms with Gasteiger partial charge in [-0.3, -0.25) is 9.59 Å². The summed E-state index contributed by atoms with van der Waals surface area (Å²) in [5.74, 6) is 1.04. The molecule has 0 spiro atoms. The van der Waals surface area contributed by atoms with E-state index in [1.54, 1.807) is 18.9 Å². The van der Waals surface area contributed by atoms with Crippen LogP contribution in [-0.2, 0) is 17.7 Å². The van der Waals surface area contributed by atoms with E-state index in [-0.39, 0.29) is 17.0 Å². The van der Waals surface area contributed by atoms with E-state index < -0.39 is 6.10 Å². The molecule has 4 rings (SSSR count). The molecule has 0 saturated heterocycles. The van der Waals surface area contributed by atoms with Gasteiger partial charge in [-0.25, -0.2) is 4.98 Å². The summed E-state index contributed by atoms with van der Waals surface area (Å²) in [7, 11) is 1.62. The minimum atomic E-state index is -0.399. The summed E-state index contributed by atoms with van der Waals surface area (Å²) in [5, 5.41) is 0. The van der Waals surface area contributed by atoms with Gasteiger partial charge >= 0.3 is 0 Å². The predicted octanol–water partition coefficient (Wildman–Crippen LogP) is 2.61. The van der Waals surface area contributed by atoms with Crippen molar-refractivity contribution in [3.63, 3.8) is 0 Å². The number of amides is 1. The van der Waals surface area contributed by atoms with Crippen LogP contribution in [0.5, 0.6) is 0 Å². The average molecular weight is 379 g/mol. The number of pyridine rings is 1. The number of carbonyl (C=O) groups excluding carboxylic acids is 1. The number of methoxy groups -OCH3 is 1. The van der Waals surface area contributed by atoms with Gasteiger partial charge in [0.2, 0.25) is 5.89 Å². The third-order valence-electron chi connectivity index (χ3n) is 4.80. The Balaban J connectivity index is 1.58. The van der Waals surface area contributed by atoms with Gasteiger partial charge in [-0.05, 0) is 12.5 Å². The second kappa shape index (κ2) is 7.44. The average Bonchev–Trinajstić information content (AvgIpc) is 3.11. The van der Waals surface area contributed by atoms with Crippen molar-refractivity contribution in [2.45, 2.75) is 26.0 Å². The Morgan fingerprint density at radius 2 is 2.07 bits per heavy atom. The van der Waals surface area contributed by atoms with Crippen LogP contribution in [0.1, 0.15) is 45.2 Å². The van der Waals surface area contributed by atoms with E-state index in [2.05, 4.69) is 9.97 Å². The number of carbonyl (C=O) groups is 1. The fourth-order valence-corrected chi connectivity index (χ4v) is 3.48. The van der Waals surface area contributed by atoms with E-state index in [0.29, 0.717) is 31.1 Å². The van der Waals surface area contributed by atoms with Gasteiger partial charge in [0, 0.05) is 37.9 Å². The molecule has 7 nitrogen and oxygen atoms in total. The van der Waals surface area contributed by atoms with E-state index in [0.717, 1.165) is 17.0 Å². The van der Waals surface area contributed by atoms with Crippen molar-refractivity contribution < 1.29 is 13.9 Å². The molecule has 1 N–H and O–H groups in total. The van der Waals surface area contributed by atoms with Crippen LogP contribution < -0.4 is 5.43 Å². The largest absolute Gasteiger partial charge is 0.442 e. The van der Waals surface area contributed by atoms with Crippen LogP contribution in [0.4, 0.5) is 0 Å². The van der Waals surface area contributed by atoms with Crippen molar-refractivity contribution in [1.29, 1.82) is 0 Å². The summed E-state index contributed by atoms with van der Waals surface area (Å²) in [4.78, 5) is 33.8. The van der Waals surface area contributed by atoms with Crippen LogP contribution in [0.3, 0.4) is 0 Å². The Labute approximate surface area is 162 Å². The van der Waals surface area contributed by atoms with Crippen molar-refractivity contribution >= 4 is 5.91 Å². The van der Waals surface area contributed by atoms with Crippen molar-refractivity contribution in [2.24, 2.45) is 0 Å². The first kappa shape index (κ1) is 18.2. The van der Waals surface area contributed by atoms with Crippen molar-refractivity contribution in [2.75, 3.05) is 13.7 Å². The zero-order valence-corrected chi connectivity index (χ0v) is 15.8. The smallest absolute Gasteiger partial charge is 0.270 e.